The molecule has 0 aliphatic carbocycles. The Kier molecular flexibility index (Phi) is 5.03. The van der Waals surface area contributed by atoms with Crippen molar-refractivity contribution >= 4 is 28.6 Å². The molecule has 0 aliphatic rings. The van der Waals surface area contributed by atoms with Crippen LogP contribution in [0.1, 0.15) is 15.9 Å². The van der Waals surface area contributed by atoms with Gasteiger partial charge < -0.3 is 4.57 Å². The highest BCUT2D eigenvalue weighted by Crippen LogP contribution is 2.26. The molecule has 5 heteroatoms. The van der Waals surface area contributed by atoms with E-state index in [2.05, 4.69) is 16.7 Å². The molecule has 4 rings (SSSR count). The summed E-state index contributed by atoms with van der Waals surface area (Å²) in [5.74, 6) is -0.133. The Balaban J connectivity index is 1.60. The lowest BCUT2D eigenvalue weighted by atomic mass is 10.1. The first-order chi connectivity index (χ1) is 13.2. The summed E-state index contributed by atoms with van der Waals surface area (Å²) in [6.07, 6.45) is 0. The molecule has 0 saturated carbocycles. The number of nitrogens with zero attached hydrogens (tertiary/aromatic N) is 2. The van der Waals surface area contributed by atoms with Crippen molar-refractivity contribution in [2.24, 2.45) is 0 Å². The van der Waals surface area contributed by atoms with Crippen LogP contribution in [0.15, 0.2) is 84.0 Å². The van der Waals surface area contributed by atoms with Crippen LogP contribution in [0.4, 0.5) is 4.39 Å². The van der Waals surface area contributed by atoms with Crippen molar-refractivity contribution in [2.75, 3.05) is 5.75 Å². The SMILES string of the molecule is O=C(CSc1nc2ccccc2n1Cc1ccccc1)c1ccc(F)cc1. The van der Waals surface area contributed by atoms with Crippen LogP contribution in [0.3, 0.4) is 0 Å². The second-order valence-corrected chi connectivity index (χ2v) is 7.12. The quantitative estimate of drug-likeness (QED) is 0.343. The van der Waals surface area contributed by atoms with E-state index in [-0.39, 0.29) is 17.4 Å². The van der Waals surface area contributed by atoms with E-state index < -0.39 is 0 Å². The van der Waals surface area contributed by atoms with Crippen molar-refractivity contribution in [3.05, 3.63) is 95.8 Å². The number of halogens is 1. The van der Waals surface area contributed by atoms with Crippen LogP contribution in [-0.4, -0.2) is 21.1 Å². The number of benzene rings is 3. The van der Waals surface area contributed by atoms with E-state index in [4.69, 9.17) is 4.98 Å². The highest BCUT2D eigenvalue weighted by atomic mass is 32.2. The molecule has 0 fully saturated rings. The van der Waals surface area contributed by atoms with Crippen LogP contribution in [0.25, 0.3) is 11.0 Å². The highest BCUT2D eigenvalue weighted by Gasteiger charge is 2.14. The zero-order valence-electron chi connectivity index (χ0n) is 14.5. The summed E-state index contributed by atoms with van der Waals surface area (Å²) in [6.45, 7) is 0.689. The molecule has 1 heterocycles. The Morgan fingerprint density at radius 2 is 1.63 bits per heavy atom. The molecule has 0 unspecified atom stereocenters. The summed E-state index contributed by atoms with van der Waals surface area (Å²) in [5, 5.41) is 0.801. The van der Waals surface area contributed by atoms with Crippen LogP contribution in [-0.2, 0) is 6.54 Å². The Bertz CT molecular complexity index is 1070. The zero-order chi connectivity index (χ0) is 18.6. The summed E-state index contributed by atoms with van der Waals surface area (Å²) in [4.78, 5) is 17.1. The first-order valence-electron chi connectivity index (χ1n) is 8.61. The molecule has 0 saturated heterocycles. The Morgan fingerprint density at radius 1 is 0.926 bits per heavy atom. The van der Waals surface area contributed by atoms with Gasteiger partial charge in [-0.1, -0.05) is 54.2 Å². The summed E-state index contributed by atoms with van der Waals surface area (Å²) in [7, 11) is 0. The topological polar surface area (TPSA) is 34.9 Å². The van der Waals surface area contributed by atoms with E-state index in [1.165, 1.54) is 41.6 Å². The standard InChI is InChI=1S/C22H17FN2OS/c23-18-12-10-17(11-13-18)21(26)15-27-22-24-19-8-4-5-9-20(19)25(22)14-16-6-2-1-3-7-16/h1-13H,14-15H2. The van der Waals surface area contributed by atoms with E-state index >= 15 is 0 Å². The second kappa shape index (κ2) is 7.76. The van der Waals surface area contributed by atoms with Gasteiger partial charge in [-0.05, 0) is 42.0 Å². The fraction of sp³-hybridized carbons (Fsp3) is 0.0909. The van der Waals surface area contributed by atoms with Gasteiger partial charge >= 0.3 is 0 Å². The number of Topliss-reactive ketones (excluding diaryl/α,β-unsaturated/α-hetero) is 1. The van der Waals surface area contributed by atoms with E-state index in [1.807, 2.05) is 42.5 Å². The van der Waals surface area contributed by atoms with Crippen molar-refractivity contribution in [3.63, 3.8) is 0 Å². The maximum atomic E-state index is 13.0. The van der Waals surface area contributed by atoms with Crippen molar-refractivity contribution in [2.45, 2.75) is 11.7 Å². The zero-order valence-corrected chi connectivity index (χ0v) is 15.3. The molecular formula is C22H17FN2OS. The number of imidazole rings is 1. The number of aromatic nitrogens is 2. The Hall–Kier alpha value is -2.92. The van der Waals surface area contributed by atoms with E-state index in [1.54, 1.807) is 0 Å². The minimum absolute atomic E-state index is 0.0432. The third kappa shape index (κ3) is 3.93. The molecule has 3 aromatic carbocycles. The fourth-order valence-electron chi connectivity index (χ4n) is 2.93. The highest BCUT2D eigenvalue weighted by molar-refractivity contribution is 7.99. The minimum Gasteiger partial charge on any atom is -0.314 e. The number of rotatable bonds is 6. The number of carbonyl (C=O) groups excluding carboxylic acids is 1. The van der Waals surface area contributed by atoms with Gasteiger partial charge in [0.15, 0.2) is 10.9 Å². The van der Waals surface area contributed by atoms with Crippen molar-refractivity contribution in [3.8, 4) is 0 Å². The largest absolute Gasteiger partial charge is 0.314 e. The number of hydrogen-bond acceptors (Lipinski definition) is 3. The van der Waals surface area contributed by atoms with Crippen LogP contribution < -0.4 is 0 Å². The van der Waals surface area contributed by atoms with Crippen LogP contribution in [0, 0.1) is 5.82 Å². The smallest absolute Gasteiger partial charge is 0.173 e. The van der Waals surface area contributed by atoms with Gasteiger partial charge in [-0.15, -0.1) is 0 Å². The van der Waals surface area contributed by atoms with Crippen LogP contribution >= 0.6 is 11.8 Å². The summed E-state index contributed by atoms with van der Waals surface area (Å²) in [5.41, 5.74) is 3.63. The first-order valence-corrected chi connectivity index (χ1v) is 9.60. The molecule has 134 valence electrons. The average molecular weight is 376 g/mol. The van der Waals surface area contributed by atoms with Gasteiger partial charge in [0.1, 0.15) is 5.82 Å². The number of para-hydroxylation sites is 2. The second-order valence-electron chi connectivity index (χ2n) is 6.17. The number of fused-ring (bicyclic) bond motifs is 1. The molecule has 0 atom stereocenters. The molecule has 0 aliphatic heterocycles. The summed E-state index contributed by atoms with van der Waals surface area (Å²) in [6, 6.07) is 23.8. The van der Waals surface area contributed by atoms with Gasteiger partial charge in [0.2, 0.25) is 0 Å². The summed E-state index contributed by atoms with van der Waals surface area (Å²) >= 11 is 1.41. The van der Waals surface area contributed by atoms with Gasteiger partial charge in [0.25, 0.3) is 0 Å². The third-order valence-electron chi connectivity index (χ3n) is 4.30. The number of ketones is 1. The molecule has 0 amide bonds. The Labute approximate surface area is 160 Å². The lowest BCUT2D eigenvalue weighted by Gasteiger charge is -2.09. The molecule has 0 spiro atoms. The predicted octanol–water partition coefficient (Wildman–Crippen LogP) is 5.20. The van der Waals surface area contributed by atoms with Crippen LogP contribution in [0.5, 0.6) is 0 Å². The average Bonchev–Trinajstić information content (AvgIpc) is 3.05. The lowest BCUT2D eigenvalue weighted by Crippen LogP contribution is -2.06. The maximum Gasteiger partial charge on any atom is 0.173 e. The lowest BCUT2D eigenvalue weighted by molar-refractivity contribution is 0.102. The van der Waals surface area contributed by atoms with Gasteiger partial charge in [0, 0.05) is 5.56 Å². The fourth-order valence-corrected chi connectivity index (χ4v) is 3.84. The molecule has 0 radical (unpaired) electrons. The van der Waals surface area contributed by atoms with Gasteiger partial charge in [-0.2, -0.15) is 0 Å². The normalized spacial score (nSPS) is 11.0. The number of hydrogen-bond donors (Lipinski definition) is 0. The van der Waals surface area contributed by atoms with Gasteiger partial charge in [-0.3, -0.25) is 4.79 Å². The van der Waals surface area contributed by atoms with E-state index in [0.717, 1.165) is 16.2 Å². The van der Waals surface area contributed by atoms with Gasteiger partial charge in [-0.25, -0.2) is 9.37 Å². The molecule has 0 N–H and O–H groups in total. The molecule has 1 aromatic heterocycles. The minimum atomic E-state index is -0.344. The molecule has 3 nitrogen and oxygen atoms in total. The molecule has 4 aromatic rings. The number of carbonyl (C=O) groups is 1. The van der Waals surface area contributed by atoms with E-state index in [0.29, 0.717) is 12.1 Å². The molecular weight excluding hydrogens is 359 g/mol. The van der Waals surface area contributed by atoms with E-state index in [9.17, 15) is 9.18 Å². The summed E-state index contributed by atoms with van der Waals surface area (Å²) < 4.78 is 15.2. The van der Waals surface area contributed by atoms with Crippen molar-refractivity contribution in [1.29, 1.82) is 0 Å². The molecule has 27 heavy (non-hydrogen) atoms. The third-order valence-corrected chi connectivity index (χ3v) is 5.28. The monoisotopic (exact) mass is 376 g/mol. The van der Waals surface area contributed by atoms with Crippen molar-refractivity contribution in [1.82, 2.24) is 9.55 Å². The predicted molar refractivity (Wildman–Crippen MR) is 107 cm³/mol. The first kappa shape index (κ1) is 17.5. The number of thioether (sulfide) groups is 1. The van der Waals surface area contributed by atoms with Crippen molar-refractivity contribution < 1.29 is 9.18 Å². The Morgan fingerprint density at radius 3 is 2.41 bits per heavy atom. The van der Waals surface area contributed by atoms with Gasteiger partial charge in [0.05, 0.1) is 23.3 Å². The van der Waals surface area contributed by atoms with Crippen LogP contribution in [0.2, 0.25) is 0 Å². The maximum absolute atomic E-state index is 13.0. The molecule has 0 bridgehead atoms.